The second-order valence-corrected chi connectivity index (χ2v) is 6.13. The highest BCUT2D eigenvalue weighted by Gasteiger charge is 2.43. The highest BCUT2D eigenvalue weighted by atomic mass is 32.2. The Morgan fingerprint density at radius 3 is 2.37 bits per heavy atom. The van der Waals surface area contributed by atoms with Gasteiger partial charge < -0.3 is 10.4 Å². The molecule has 1 heterocycles. The molecule has 5 heteroatoms. The molecule has 102 valence electrons. The summed E-state index contributed by atoms with van der Waals surface area (Å²) in [5.74, 6) is -0.0647. The van der Waals surface area contributed by atoms with E-state index < -0.39 is 11.5 Å². The molecule has 1 aromatic carbocycles. The molecule has 0 saturated carbocycles. The molecule has 1 aromatic rings. The monoisotopic (exact) mass is 279 g/mol. The molecule has 1 amide bonds. The predicted molar refractivity (Wildman–Crippen MR) is 75.7 cm³/mol. The minimum Gasteiger partial charge on any atom is -0.479 e. The molecule has 0 spiro atoms. The zero-order chi connectivity index (χ0) is 14.0. The zero-order valence-electron chi connectivity index (χ0n) is 11.0. The lowest BCUT2D eigenvalue weighted by Crippen LogP contribution is -2.54. The number of rotatable bonds is 3. The van der Waals surface area contributed by atoms with Gasteiger partial charge in [0.25, 0.3) is 5.91 Å². The summed E-state index contributed by atoms with van der Waals surface area (Å²) in [7, 11) is 0. The average molecular weight is 279 g/mol. The fourth-order valence-electron chi connectivity index (χ4n) is 2.28. The van der Waals surface area contributed by atoms with Crippen molar-refractivity contribution in [2.75, 3.05) is 11.5 Å². The molecule has 1 aliphatic rings. The van der Waals surface area contributed by atoms with Gasteiger partial charge in [0.05, 0.1) is 0 Å². The van der Waals surface area contributed by atoms with Crippen LogP contribution in [0.25, 0.3) is 0 Å². The van der Waals surface area contributed by atoms with Crippen molar-refractivity contribution in [2.24, 2.45) is 0 Å². The fourth-order valence-corrected chi connectivity index (χ4v) is 3.61. The molecule has 0 aliphatic carbocycles. The van der Waals surface area contributed by atoms with Gasteiger partial charge >= 0.3 is 5.97 Å². The number of benzene rings is 1. The number of hydrogen-bond donors (Lipinski definition) is 2. The Morgan fingerprint density at radius 2 is 1.89 bits per heavy atom. The van der Waals surface area contributed by atoms with Crippen LogP contribution < -0.4 is 5.32 Å². The SMILES string of the molecule is Cc1cc(C)cc(C(=O)NC2(C(=O)O)CCSC2)c1. The van der Waals surface area contributed by atoms with Crippen molar-refractivity contribution in [1.29, 1.82) is 0 Å². The van der Waals surface area contributed by atoms with Gasteiger partial charge in [-0.1, -0.05) is 17.2 Å². The molecule has 1 aliphatic heterocycles. The maximum atomic E-state index is 12.2. The van der Waals surface area contributed by atoms with Gasteiger partial charge in [-0.3, -0.25) is 4.79 Å². The van der Waals surface area contributed by atoms with Gasteiger partial charge in [-0.25, -0.2) is 4.79 Å². The molecule has 1 fully saturated rings. The highest BCUT2D eigenvalue weighted by molar-refractivity contribution is 7.99. The summed E-state index contributed by atoms with van der Waals surface area (Å²) in [5.41, 5.74) is 1.40. The van der Waals surface area contributed by atoms with Crippen molar-refractivity contribution in [3.8, 4) is 0 Å². The van der Waals surface area contributed by atoms with E-state index in [4.69, 9.17) is 0 Å². The predicted octanol–water partition coefficient (Wildman–Crippen LogP) is 1.99. The molecule has 2 rings (SSSR count). The molecule has 1 unspecified atom stereocenters. The lowest BCUT2D eigenvalue weighted by molar-refractivity contribution is -0.143. The smallest absolute Gasteiger partial charge is 0.330 e. The number of aryl methyl sites for hydroxylation is 2. The van der Waals surface area contributed by atoms with E-state index in [9.17, 15) is 14.7 Å². The second-order valence-electron chi connectivity index (χ2n) is 5.02. The summed E-state index contributed by atoms with van der Waals surface area (Å²) in [6.45, 7) is 3.84. The first-order valence-electron chi connectivity index (χ1n) is 6.15. The third-order valence-corrected chi connectivity index (χ3v) is 4.46. The molecule has 0 bridgehead atoms. The van der Waals surface area contributed by atoms with Crippen molar-refractivity contribution in [1.82, 2.24) is 5.32 Å². The third kappa shape index (κ3) is 2.92. The van der Waals surface area contributed by atoms with E-state index in [0.29, 0.717) is 17.7 Å². The maximum Gasteiger partial charge on any atom is 0.330 e. The van der Waals surface area contributed by atoms with E-state index in [2.05, 4.69) is 5.32 Å². The van der Waals surface area contributed by atoms with Crippen LogP contribution in [0.1, 0.15) is 27.9 Å². The number of hydrogen-bond acceptors (Lipinski definition) is 3. The third-order valence-electron chi connectivity index (χ3n) is 3.27. The van der Waals surface area contributed by atoms with E-state index in [1.807, 2.05) is 19.9 Å². The summed E-state index contributed by atoms with van der Waals surface area (Å²) < 4.78 is 0. The lowest BCUT2D eigenvalue weighted by Gasteiger charge is -2.24. The van der Waals surface area contributed by atoms with Gasteiger partial charge in [-0.15, -0.1) is 0 Å². The van der Waals surface area contributed by atoms with E-state index in [0.717, 1.165) is 16.9 Å². The Balaban J connectivity index is 2.22. The summed E-state index contributed by atoms with van der Waals surface area (Å²) in [6.07, 6.45) is 0.476. The van der Waals surface area contributed by atoms with Crippen LogP contribution in [0.4, 0.5) is 0 Å². The van der Waals surface area contributed by atoms with Crippen LogP contribution in [-0.4, -0.2) is 34.0 Å². The van der Waals surface area contributed by atoms with Gasteiger partial charge in [0.1, 0.15) is 5.54 Å². The summed E-state index contributed by atoms with van der Waals surface area (Å²) >= 11 is 1.56. The number of carbonyl (C=O) groups excluding carboxylic acids is 1. The standard InChI is InChI=1S/C14H17NO3S/c1-9-5-10(2)7-11(6-9)12(16)15-14(13(17)18)3-4-19-8-14/h5-7H,3-4,8H2,1-2H3,(H,15,16)(H,17,18). The average Bonchev–Trinajstić information content (AvgIpc) is 2.77. The van der Waals surface area contributed by atoms with Crippen LogP contribution in [0.5, 0.6) is 0 Å². The molecule has 1 saturated heterocycles. The molecule has 4 nitrogen and oxygen atoms in total. The van der Waals surface area contributed by atoms with Crippen molar-refractivity contribution < 1.29 is 14.7 Å². The first-order valence-corrected chi connectivity index (χ1v) is 7.30. The van der Waals surface area contributed by atoms with E-state index in [-0.39, 0.29) is 5.91 Å². The topological polar surface area (TPSA) is 66.4 Å². The number of carboxylic acid groups (broad SMARTS) is 1. The minimum atomic E-state index is -1.11. The molecular formula is C14H17NO3S. The van der Waals surface area contributed by atoms with Crippen molar-refractivity contribution in [3.63, 3.8) is 0 Å². The Hall–Kier alpha value is -1.49. The number of thioether (sulfide) groups is 1. The molecule has 1 atom stereocenters. The number of carbonyl (C=O) groups is 2. The van der Waals surface area contributed by atoms with Crippen molar-refractivity contribution >= 4 is 23.6 Å². The number of nitrogens with one attached hydrogen (secondary N) is 1. The van der Waals surface area contributed by atoms with Crippen LogP contribution in [0.15, 0.2) is 18.2 Å². The van der Waals surface area contributed by atoms with E-state index in [1.165, 1.54) is 0 Å². The van der Waals surface area contributed by atoms with Crippen molar-refractivity contribution in [3.05, 3.63) is 34.9 Å². The number of carboxylic acids is 1. The van der Waals surface area contributed by atoms with Gasteiger partial charge in [0.15, 0.2) is 0 Å². The Bertz CT molecular complexity index is 501. The Kier molecular flexibility index (Phi) is 3.85. The molecular weight excluding hydrogens is 262 g/mol. The summed E-state index contributed by atoms with van der Waals surface area (Å²) in [6, 6.07) is 5.54. The van der Waals surface area contributed by atoms with Gasteiger partial charge in [-0.2, -0.15) is 11.8 Å². The van der Waals surface area contributed by atoms with Gasteiger partial charge in [0, 0.05) is 11.3 Å². The summed E-state index contributed by atoms with van der Waals surface area (Å²) in [5, 5.41) is 12.0. The van der Waals surface area contributed by atoms with Gasteiger partial charge in [-0.05, 0) is 38.2 Å². The lowest BCUT2D eigenvalue weighted by atomic mass is 9.98. The molecule has 19 heavy (non-hydrogen) atoms. The Morgan fingerprint density at radius 1 is 1.26 bits per heavy atom. The second kappa shape index (κ2) is 5.25. The number of amides is 1. The first-order chi connectivity index (χ1) is 8.93. The zero-order valence-corrected chi connectivity index (χ0v) is 11.8. The van der Waals surface area contributed by atoms with Crippen LogP contribution >= 0.6 is 11.8 Å². The maximum absolute atomic E-state index is 12.2. The van der Waals surface area contributed by atoms with Crippen LogP contribution in [0, 0.1) is 13.8 Å². The van der Waals surface area contributed by atoms with E-state index in [1.54, 1.807) is 23.9 Å². The molecule has 0 radical (unpaired) electrons. The van der Waals surface area contributed by atoms with Crippen LogP contribution in [-0.2, 0) is 4.79 Å². The number of aliphatic carboxylic acids is 1. The van der Waals surface area contributed by atoms with Crippen LogP contribution in [0.3, 0.4) is 0 Å². The summed E-state index contributed by atoms with van der Waals surface area (Å²) in [4.78, 5) is 23.6. The molecule has 2 N–H and O–H groups in total. The molecule has 0 aromatic heterocycles. The van der Waals surface area contributed by atoms with Crippen molar-refractivity contribution in [2.45, 2.75) is 25.8 Å². The van der Waals surface area contributed by atoms with Gasteiger partial charge in [0.2, 0.25) is 0 Å². The normalized spacial score (nSPS) is 22.2. The minimum absolute atomic E-state index is 0.309. The van der Waals surface area contributed by atoms with Crippen LogP contribution in [0.2, 0.25) is 0 Å². The fraction of sp³-hybridized carbons (Fsp3) is 0.429. The quantitative estimate of drug-likeness (QED) is 0.888. The van der Waals surface area contributed by atoms with E-state index >= 15 is 0 Å². The largest absolute Gasteiger partial charge is 0.479 e. The first kappa shape index (κ1) is 13.9. The Labute approximate surface area is 116 Å². The highest BCUT2D eigenvalue weighted by Crippen LogP contribution is 2.28.